The molecule has 0 aliphatic carbocycles. The van der Waals surface area contributed by atoms with Crippen molar-refractivity contribution in [3.8, 4) is 0 Å². The summed E-state index contributed by atoms with van der Waals surface area (Å²) >= 11 is 0.522. The largest absolute Gasteiger partial charge is 0.427 e. The van der Waals surface area contributed by atoms with Gasteiger partial charge in [0, 0.05) is 6.54 Å². The van der Waals surface area contributed by atoms with Crippen molar-refractivity contribution in [3.63, 3.8) is 0 Å². The molecule has 0 aliphatic heterocycles. The lowest BCUT2D eigenvalue weighted by Crippen LogP contribution is -2.00. The van der Waals surface area contributed by atoms with Crippen LogP contribution in [0.15, 0.2) is 30.5 Å². The number of halogens is 4. The van der Waals surface area contributed by atoms with Crippen LogP contribution in [0, 0.1) is 5.82 Å². The molecule has 0 spiro atoms. The van der Waals surface area contributed by atoms with Crippen LogP contribution in [0.5, 0.6) is 0 Å². The van der Waals surface area contributed by atoms with Gasteiger partial charge in [-0.3, -0.25) is 0 Å². The summed E-state index contributed by atoms with van der Waals surface area (Å²) in [6.07, 6.45) is -3.60. The number of anilines is 1. The topological polar surface area (TPSA) is 24.9 Å². The van der Waals surface area contributed by atoms with Crippen LogP contribution in [0.1, 0.15) is 10.4 Å². The molecule has 1 N–H and O–H groups in total. The molecule has 0 saturated heterocycles. The van der Waals surface area contributed by atoms with Crippen molar-refractivity contribution in [2.75, 3.05) is 5.32 Å². The number of nitrogens with one attached hydrogen (secondary N) is 1. The van der Waals surface area contributed by atoms with Crippen molar-refractivity contribution in [1.82, 2.24) is 4.98 Å². The van der Waals surface area contributed by atoms with Crippen molar-refractivity contribution >= 4 is 16.5 Å². The number of benzene rings is 1. The zero-order valence-electron chi connectivity index (χ0n) is 8.96. The highest BCUT2D eigenvalue weighted by Gasteiger charge is 2.33. The van der Waals surface area contributed by atoms with Crippen LogP contribution in [-0.4, -0.2) is 4.98 Å². The molecule has 0 amide bonds. The summed E-state index contributed by atoms with van der Waals surface area (Å²) in [6, 6.07) is 5.82. The number of alkyl halides is 3. The van der Waals surface area contributed by atoms with Crippen molar-refractivity contribution in [2.45, 2.75) is 12.7 Å². The molecule has 0 fully saturated rings. The van der Waals surface area contributed by atoms with Crippen LogP contribution in [-0.2, 0) is 12.7 Å². The second-order valence-electron chi connectivity index (χ2n) is 3.51. The van der Waals surface area contributed by atoms with Crippen LogP contribution < -0.4 is 5.32 Å². The standard InChI is InChI=1S/C11H8F4N2S/c12-8-3-1-2-7(4-8)5-16-10-17-6-9(18-10)11(13,14)15/h1-4,6H,5H2,(H,16,17). The minimum atomic E-state index is -4.38. The van der Waals surface area contributed by atoms with Gasteiger partial charge in [0.1, 0.15) is 10.7 Å². The van der Waals surface area contributed by atoms with Gasteiger partial charge in [0.2, 0.25) is 0 Å². The van der Waals surface area contributed by atoms with Gasteiger partial charge < -0.3 is 5.32 Å². The lowest BCUT2D eigenvalue weighted by atomic mass is 10.2. The average molecular weight is 276 g/mol. The smallest absolute Gasteiger partial charge is 0.357 e. The third-order valence-corrected chi connectivity index (χ3v) is 3.12. The van der Waals surface area contributed by atoms with E-state index in [9.17, 15) is 17.6 Å². The molecular weight excluding hydrogens is 268 g/mol. The Morgan fingerprint density at radius 2 is 2.06 bits per heavy atom. The van der Waals surface area contributed by atoms with Gasteiger partial charge >= 0.3 is 6.18 Å². The van der Waals surface area contributed by atoms with E-state index in [1.165, 1.54) is 18.2 Å². The monoisotopic (exact) mass is 276 g/mol. The molecule has 0 aliphatic rings. The highest BCUT2D eigenvalue weighted by molar-refractivity contribution is 7.15. The SMILES string of the molecule is Fc1cccc(CNc2ncc(C(F)(F)F)s2)c1. The fraction of sp³-hybridized carbons (Fsp3) is 0.182. The highest BCUT2D eigenvalue weighted by Crippen LogP contribution is 2.35. The normalized spacial score (nSPS) is 11.6. The first-order chi connectivity index (χ1) is 8.45. The number of hydrogen-bond donors (Lipinski definition) is 1. The van der Waals surface area contributed by atoms with Gasteiger partial charge in [-0.05, 0) is 17.7 Å². The van der Waals surface area contributed by atoms with E-state index in [0.29, 0.717) is 16.9 Å². The van der Waals surface area contributed by atoms with Gasteiger partial charge in [0.25, 0.3) is 0 Å². The molecule has 1 aromatic carbocycles. The number of aromatic nitrogens is 1. The van der Waals surface area contributed by atoms with Crippen molar-refractivity contribution in [2.24, 2.45) is 0 Å². The van der Waals surface area contributed by atoms with Crippen LogP contribution in [0.3, 0.4) is 0 Å². The van der Waals surface area contributed by atoms with Crippen molar-refractivity contribution < 1.29 is 17.6 Å². The summed E-state index contributed by atoms with van der Waals surface area (Å²) in [7, 11) is 0. The van der Waals surface area contributed by atoms with Crippen LogP contribution in [0.2, 0.25) is 0 Å². The van der Waals surface area contributed by atoms with E-state index in [-0.39, 0.29) is 17.5 Å². The predicted octanol–water partition coefficient (Wildman–Crippen LogP) is 3.91. The Balaban J connectivity index is 2.01. The maximum absolute atomic E-state index is 12.9. The van der Waals surface area contributed by atoms with E-state index in [4.69, 9.17) is 0 Å². The number of rotatable bonds is 3. The fourth-order valence-corrected chi connectivity index (χ4v) is 1.99. The summed E-state index contributed by atoms with van der Waals surface area (Å²) in [5.41, 5.74) is 0.638. The first kappa shape index (κ1) is 12.8. The van der Waals surface area contributed by atoms with Crippen LogP contribution in [0.25, 0.3) is 0 Å². The quantitative estimate of drug-likeness (QED) is 0.860. The summed E-state index contributed by atoms with van der Waals surface area (Å²) < 4.78 is 49.8. The molecule has 2 nitrogen and oxygen atoms in total. The molecule has 7 heteroatoms. The predicted molar refractivity (Wildman–Crippen MR) is 60.8 cm³/mol. The zero-order chi connectivity index (χ0) is 13.2. The molecule has 1 heterocycles. The van der Waals surface area contributed by atoms with Gasteiger partial charge in [-0.1, -0.05) is 23.5 Å². The molecule has 96 valence electrons. The third-order valence-electron chi connectivity index (χ3n) is 2.12. The lowest BCUT2D eigenvalue weighted by molar-refractivity contribution is -0.134. The van der Waals surface area contributed by atoms with E-state index in [0.717, 1.165) is 6.20 Å². The molecular formula is C11H8F4N2S. The maximum Gasteiger partial charge on any atom is 0.427 e. The van der Waals surface area contributed by atoms with E-state index in [1.54, 1.807) is 6.07 Å². The minimum absolute atomic E-state index is 0.159. The Labute approximate surface area is 104 Å². The Hall–Kier alpha value is -1.63. The van der Waals surface area contributed by atoms with E-state index in [2.05, 4.69) is 10.3 Å². The molecule has 0 saturated carbocycles. The maximum atomic E-state index is 12.9. The molecule has 2 rings (SSSR count). The van der Waals surface area contributed by atoms with E-state index in [1.807, 2.05) is 0 Å². The van der Waals surface area contributed by atoms with Crippen molar-refractivity contribution in [1.29, 1.82) is 0 Å². The molecule has 0 atom stereocenters. The second kappa shape index (κ2) is 4.93. The van der Waals surface area contributed by atoms with Crippen molar-refractivity contribution in [3.05, 3.63) is 46.7 Å². The third kappa shape index (κ3) is 3.19. The molecule has 18 heavy (non-hydrogen) atoms. The highest BCUT2D eigenvalue weighted by atomic mass is 32.1. The van der Waals surface area contributed by atoms with Gasteiger partial charge in [-0.25, -0.2) is 9.37 Å². The van der Waals surface area contributed by atoms with Crippen LogP contribution >= 0.6 is 11.3 Å². The molecule has 0 bridgehead atoms. The summed E-state index contributed by atoms with van der Waals surface area (Å²) in [5.74, 6) is -0.385. The first-order valence-electron chi connectivity index (χ1n) is 4.96. The Morgan fingerprint density at radius 3 is 2.67 bits per heavy atom. The number of nitrogens with zero attached hydrogens (tertiary/aromatic N) is 1. The van der Waals surface area contributed by atoms with Gasteiger partial charge in [0.15, 0.2) is 5.13 Å². The van der Waals surface area contributed by atoms with Crippen LogP contribution in [0.4, 0.5) is 22.7 Å². The number of thiazole rings is 1. The van der Waals surface area contributed by atoms with Gasteiger partial charge in [-0.15, -0.1) is 0 Å². The Morgan fingerprint density at radius 1 is 1.28 bits per heavy atom. The van der Waals surface area contributed by atoms with E-state index < -0.39 is 11.1 Å². The zero-order valence-corrected chi connectivity index (χ0v) is 9.78. The number of hydrogen-bond acceptors (Lipinski definition) is 3. The van der Waals surface area contributed by atoms with Gasteiger partial charge in [0.05, 0.1) is 6.20 Å². The van der Waals surface area contributed by atoms with E-state index >= 15 is 0 Å². The average Bonchev–Trinajstić information content (AvgIpc) is 2.74. The first-order valence-corrected chi connectivity index (χ1v) is 5.78. The summed E-state index contributed by atoms with van der Waals surface area (Å²) in [5, 5.41) is 2.88. The Kier molecular flexibility index (Phi) is 3.51. The molecule has 1 aromatic heterocycles. The summed E-state index contributed by atoms with van der Waals surface area (Å²) in [4.78, 5) is 2.85. The lowest BCUT2D eigenvalue weighted by Gasteiger charge is -2.03. The summed E-state index contributed by atoms with van der Waals surface area (Å²) in [6.45, 7) is 0.225. The van der Waals surface area contributed by atoms with Gasteiger partial charge in [-0.2, -0.15) is 13.2 Å². The Bertz CT molecular complexity index is 536. The second-order valence-corrected chi connectivity index (χ2v) is 4.54. The molecule has 2 aromatic rings. The minimum Gasteiger partial charge on any atom is -0.357 e. The fourth-order valence-electron chi connectivity index (χ4n) is 1.31. The molecule has 0 radical (unpaired) electrons. The molecule has 0 unspecified atom stereocenters.